The summed E-state index contributed by atoms with van der Waals surface area (Å²) in [6.45, 7) is 0. The summed E-state index contributed by atoms with van der Waals surface area (Å²) < 4.78 is 9.90. The van der Waals surface area contributed by atoms with E-state index in [9.17, 15) is 9.59 Å². The van der Waals surface area contributed by atoms with Crippen LogP contribution in [0.4, 0.5) is 0 Å². The highest BCUT2D eigenvalue weighted by Gasteiger charge is 2.22. The van der Waals surface area contributed by atoms with E-state index in [2.05, 4.69) is 4.74 Å². The van der Waals surface area contributed by atoms with Crippen LogP contribution in [-0.2, 0) is 11.2 Å². The summed E-state index contributed by atoms with van der Waals surface area (Å²) in [6, 6.07) is 12.6. The number of fused-ring (bicyclic) bond motifs is 1. The number of Topliss-reactive ketones (excluding diaryl/α,β-unsaturated/α-hetero) is 1. The van der Waals surface area contributed by atoms with Gasteiger partial charge in [-0.05, 0) is 60.4 Å². The van der Waals surface area contributed by atoms with Crippen LogP contribution in [0, 0.1) is 0 Å². The van der Waals surface area contributed by atoms with Gasteiger partial charge in [-0.15, -0.1) is 0 Å². The minimum atomic E-state index is -0.370. The Hall–Kier alpha value is -2.88. The Morgan fingerprint density at radius 3 is 2.46 bits per heavy atom. The number of ketones is 1. The molecule has 0 aliphatic heterocycles. The maximum absolute atomic E-state index is 12.7. The Morgan fingerprint density at radius 2 is 1.79 bits per heavy atom. The SMILES string of the molecule is COC(=O)c1ccc(C=C2CCc3cc(OC)ccc3C2=O)cc1. The van der Waals surface area contributed by atoms with Gasteiger partial charge in [-0.25, -0.2) is 4.79 Å². The second kappa shape index (κ2) is 6.71. The third kappa shape index (κ3) is 3.08. The average Bonchev–Trinajstić information content (AvgIpc) is 2.63. The molecule has 1 aliphatic rings. The fourth-order valence-corrected chi connectivity index (χ4v) is 2.85. The molecule has 0 bridgehead atoms. The molecular weight excluding hydrogens is 304 g/mol. The number of esters is 1. The third-order valence-electron chi connectivity index (χ3n) is 4.19. The van der Waals surface area contributed by atoms with Crippen LogP contribution in [0.25, 0.3) is 6.08 Å². The van der Waals surface area contributed by atoms with E-state index in [0.717, 1.165) is 34.4 Å². The van der Waals surface area contributed by atoms with E-state index in [4.69, 9.17) is 4.74 Å². The number of allylic oxidation sites excluding steroid dienone is 1. The lowest BCUT2D eigenvalue weighted by molar-refractivity contribution is 0.0600. The van der Waals surface area contributed by atoms with Gasteiger partial charge in [-0.1, -0.05) is 12.1 Å². The van der Waals surface area contributed by atoms with Gasteiger partial charge in [0.25, 0.3) is 0 Å². The van der Waals surface area contributed by atoms with Gasteiger partial charge in [0.2, 0.25) is 0 Å². The van der Waals surface area contributed by atoms with Crippen molar-refractivity contribution in [2.45, 2.75) is 12.8 Å². The van der Waals surface area contributed by atoms with E-state index in [0.29, 0.717) is 12.0 Å². The Kier molecular flexibility index (Phi) is 4.47. The molecule has 0 aromatic heterocycles. The van der Waals surface area contributed by atoms with Crippen molar-refractivity contribution in [1.82, 2.24) is 0 Å². The summed E-state index contributed by atoms with van der Waals surface area (Å²) in [5.74, 6) is 0.453. The number of aryl methyl sites for hydroxylation is 1. The molecule has 4 heteroatoms. The minimum Gasteiger partial charge on any atom is -0.497 e. The molecule has 4 nitrogen and oxygen atoms in total. The Bertz CT molecular complexity index is 816. The number of rotatable bonds is 3. The van der Waals surface area contributed by atoms with E-state index in [-0.39, 0.29) is 11.8 Å². The molecule has 0 radical (unpaired) electrons. The molecule has 2 aromatic carbocycles. The number of hydrogen-bond acceptors (Lipinski definition) is 4. The van der Waals surface area contributed by atoms with E-state index in [1.807, 2.05) is 36.4 Å². The van der Waals surface area contributed by atoms with Crippen molar-refractivity contribution >= 4 is 17.8 Å². The van der Waals surface area contributed by atoms with E-state index < -0.39 is 0 Å². The molecule has 0 saturated heterocycles. The molecule has 3 rings (SSSR count). The highest BCUT2D eigenvalue weighted by molar-refractivity contribution is 6.13. The molecule has 0 unspecified atom stereocenters. The van der Waals surface area contributed by atoms with Gasteiger partial charge in [0.1, 0.15) is 5.75 Å². The predicted molar refractivity (Wildman–Crippen MR) is 91.4 cm³/mol. The monoisotopic (exact) mass is 322 g/mol. The lowest BCUT2D eigenvalue weighted by Gasteiger charge is -2.18. The predicted octanol–water partition coefficient (Wildman–Crippen LogP) is 3.69. The number of ether oxygens (including phenoxy) is 2. The van der Waals surface area contributed by atoms with Crippen molar-refractivity contribution < 1.29 is 19.1 Å². The number of benzene rings is 2. The first kappa shape index (κ1) is 16.0. The topological polar surface area (TPSA) is 52.6 Å². The molecule has 0 atom stereocenters. The van der Waals surface area contributed by atoms with Gasteiger partial charge in [0.05, 0.1) is 19.8 Å². The zero-order valence-electron chi connectivity index (χ0n) is 13.7. The van der Waals surface area contributed by atoms with Gasteiger partial charge in [0.15, 0.2) is 5.78 Å². The van der Waals surface area contributed by atoms with E-state index in [1.165, 1.54) is 7.11 Å². The van der Waals surface area contributed by atoms with Crippen molar-refractivity contribution in [3.63, 3.8) is 0 Å². The lowest BCUT2D eigenvalue weighted by Crippen LogP contribution is -2.14. The molecule has 122 valence electrons. The molecule has 1 aliphatic carbocycles. The van der Waals surface area contributed by atoms with Gasteiger partial charge < -0.3 is 9.47 Å². The normalized spacial score (nSPS) is 15.1. The van der Waals surface area contributed by atoms with E-state index in [1.54, 1.807) is 19.2 Å². The van der Waals surface area contributed by atoms with E-state index >= 15 is 0 Å². The largest absolute Gasteiger partial charge is 0.497 e. The summed E-state index contributed by atoms with van der Waals surface area (Å²) >= 11 is 0. The van der Waals surface area contributed by atoms with Crippen molar-refractivity contribution in [2.24, 2.45) is 0 Å². The molecule has 0 spiro atoms. The van der Waals surface area contributed by atoms with Crippen LogP contribution >= 0.6 is 0 Å². The van der Waals surface area contributed by atoms with Crippen molar-refractivity contribution in [3.05, 3.63) is 70.3 Å². The molecule has 0 amide bonds. The quantitative estimate of drug-likeness (QED) is 0.639. The Labute approximate surface area is 140 Å². The maximum Gasteiger partial charge on any atom is 0.337 e. The third-order valence-corrected chi connectivity index (χ3v) is 4.19. The standard InChI is InChI=1S/C20H18O4/c1-23-17-9-10-18-15(12-17)7-8-16(19(18)21)11-13-3-5-14(6-4-13)20(22)24-2/h3-6,9-12H,7-8H2,1-2H3. The summed E-state index contributed by atoms with van der Waals surface area (Å²) in [6.07, 6.45) is 3.39. The average molecular weight is 322 g/mol. The number of carbonyl (C=O) groups is 2. The molecule has 2 aromatic rings. The summed E-state index contributed by atoms with van der Waals surface area (Å²) in [4.78, 5) is 24.1. The fourth-order valence-electron chi connectivity index (χ4n) is 2.85. The van der Waals surface area contributed by atoms with Crippen LogP contribution in [0.2, 0.25) is 0 Å². The number of methoxy groups -OCH3 is 2. The Balaban J connectivity index is 1.86. The summed E-state index contributed by atoms with van der Waals surface area (Å²) in [5.41, 5.74) is 3.92. The maximum atomic E-state index is 12.7. The molecule has 0 heterocycles. The molecule has 0 N–H and O–H groups in total. The molecule has 0 fully saturated rings. The fraction of sp³-hybridized carbons (Fsp3) is 0.200. The van der Waals surface area contributed by atoms with Crippen LogP contribution in [-0.4, -0.2) is 26.0 Å². The highest BCUT2D eigenvalue weighted by Crippen LogP contribution is 2.29. The van der Waals surface area contributed by atoms with Crippen molar-refractivity contribution in [3.8, 4) is 5.75 Å². The molecular formula is C20H18O4. The highest BCUT2D eigenvalue weighted by atomic mass is 16.5. The first-order valence-electron chi connectivity index (χ1n) is 7.73. The van der Waals surface area contributed by atoms with Crippen LogP contribution < -0.4 is 4.74 Å². The van der Waals surface area contributed by atoms with Gasteiger partial charge in [0, 0.05) is 11.1 Å². The van der Waals surface area contributed by atoms with Crippen molar-refractivity contribution in [2.75, 3.05) is 14.2 Å². The smallest absolute Gasteiger partial charge is 0.337 e. The summed E-state index contributed by atoms with van der Waals surface area (Å²) in [5, 5.41) is 0. The number of carbonyl (C=O) groups excluding carboxylic acids is 2. The lowest BCUT2D eigenvalue weighted by atomic mass is 9.86. The van der Waals surface area contributed by atoms with Gasteiger partial charge in [-0.2, -0.15) is 0 Å². The second-order valence-electron chi connectivity index (χ2n) is 5.64. The zero-order chi connectivity index (χ0) is 17.1. The van der Waals surface area contributed by atoms with Gasteiger partial charge in [-0.3, -0.25) is 4.79 Å². The van der Waals surface area contributed by atoms with Crippen LogP contribution in [0.1, 0.15) is 38.3 Å². The minimum absolute atomic E-state index is 0.0518. The Morgan fingerprint density at radius 1 is 1.04 bits per heavy atom. The van der Waals surface area contributed by atoms with Crippen molar-refractivity contribution in [1.29, 1.82) is 0 Å². The number of hydrogen-bond donors (Lipinski definition) is 0. The van der Waals surface area contributed by atoms with Gasteiger partial charge >= 0.3 is 5.97 Å². The first-order valence-corrected chi connectivity index (χ1v) is 7.73. The summed E-state index contributed by atoms with van der Waals surface area (Å²) in [7, 11) is 2.97. The second-order valence-corrected chi connectivity index (χ2v) is 5.64. The molecule has 24 heavy (non-hydrogen) atoms. The van der Waals surface area contributed by atoms with Crippen LogP contribution in [0.3, 0.4) is 0 Å². The zero-order valence-corrected chi connectivity index (χ0v) is 13.7. The van der Waals surface area contributed by atoms with Crippen LogP contribution in [0.15, 0.2) is 48.0 Å². The first-order chi connectivity index (χ1) is 11.6. The van der Waals surface area contributed by atoms with Crippen LogP contribution in [0.5, 0.6) is 5.75 Å². The molecule has 0 saturated carbocycles.